The van der Waals surface area contributed by atoms with Crippen LogP contribution in [0.2, 0.25) is 0 Å². The Balaban J connectivity index is 1.46. The molecule has 24 heavy (non-hydrogen) atoms. The highest BCUT2D eigenvalue weighted by atomic mass is 16.3. The summed E-state index contributed by atoms with van der Waals surface area (Å²) < 4.78 is 7.65. The van der Waals surface area contributed by atoms with Gasteiger partial charge in [0.15, 0.2) is 0 Å². The largest absolute Gasteiger partial charge is 0.461 e. The molecule has 3 aromatic rings. The summed E-state index contributed by atoms with van der Waals surface area (Å²) in [7, 11) is 0. The molecular formula is C18H22N4O2. The van der Waals surface area contributed by atoms with Crippen molar-refractivity contribution in [3.05, 3.63) is 48.2 Å². The molecule has 0 saturated carbocycles. The monoisotopic (exact) mass is 326 g/mol. The van der Waals surface area contributed by atoms with Gasteiger partial charge in [-0.1, -0.05) is 6.92 Å². The van der Waals surface area contributed by atoms with Gasteiger partial charge in [-0.05, 0) is 37.6 Å². The first-order valence-electron chi connectivity index (χ1n) is 8.21. The predicted molar refractivity (Wildman–Crippen MR) is 94.2 cm³/mol. The molecule has 0 atom stereocenters. The minimum absolute atomic E-state index is 0.198. The number of urea groups is 1. The molecule has 3 rings (SSSR count). The highest BCUT2D eigenvalue weighted by molar-refractivity contribution is 5.92. The van der Waals surface area contributed by atoms with Crippen LogP contribution in [0.1, 0.15) is 24.9 Å². The molecule has 1 aromatic carbocycles. The van der Waals surface area contributed by atoms with E-state index >= 15 is 0 Å². The fourth-order valence-electron chi connectivity index (χ4n) is 2.74. The van der Waals surface area contributed by atoms with Crippen molar-refractivity contribution in [1.29, 1.82) is 0 Å². The number of carbonyl (C=O) groups excluding carboxylic acids is 1. The highest BCUT2D eigenvalue weighted by Gasteiger charge is 2.05. The van der Waals surface area contributed by atoms with Crippen LogP contribution in [0, 0.1) is 6.92 Å². The van der Waals surface area contributed by atoms with E-state index in [9.17, 15) is 4.79 Å². The van der Waals surface area contributed by atoms with E-state index in [0.29, 0.717) is 6.54 Å². The Labute approximate surface area is 140 Å². The van der Waals surface area contributed by atoms with Crippen LogP contribution in [-0.2, 0) is 13.0 Å². The van der Waals surface area contributed by atoms with Gasteiger partial charge in [-0.2, -0.15) is 0 Å². The van der Waals surface area contributed by atoms with Crippen LogP contribution in [0.15, 0.2) is 41.1 Å². The number of benzene rings is 1. The van der Waals surface area contributed by atoms with Crippen molar-refractivity contribution in [3.63, 3.8) is 0 Å². The van der Waals surface area contributed by atoms with Crippen LogP contribution in [0.25, 0.3) is 11.0 Å². The van der Waals surface area contributed by atoms with Crippen molar-refractivity contribution in [2.45, 2.75) is 33.2 Å². The van der Waals surface area contributed by atoms with E-state index in [1.54, 1.807) is 0 Å². The number of furan rings is 1. The first-order valence-corrected chi connectivity index (χ1v) is 8.21. The molecular weight excluding hydrogens is 304 g/mol. The Morgan fingerprint density at radius 2 is 2.21 bits per heavy atom. The number of carbonyl (C=O) groups is 1. The van der Waals surface area contributed by atoms with Gasteiger partial charge in [0.25, 0.3) is 0 Å². The standard InChI is InChI=1S/C18H22N4O2/c1-3-17-19-8-10-22(17)9-4-7-20-18(23)21-15-5-6-16-14(12-15)11-13(2)24-16/h5-6,8,10-12H,3-4,7,9H2,1-2H3,(H2,20,21,23). The number of aryl methyl sites for hydroxylation is 3. The average Bonchev–Trinajstić information content (AvgIpc) is 3.16. The van der Waals surface area contributed by atoms with Crippen molar-refractivity contribution in [2.24, 2.45) is 0 Å². The summed E-state index contributed by atoms with van der Waals surface area (Å²) in [6, 6.07) is 7.36. The Morgan fingerprint density at radius 3 is 3.04 bits per heavy atom. The molecule has 0 radical (unpaired) electrons. The summed E-state index contributed by atoms with van der Waals surface area (Å²) in [4.78, 5) is 16.3. The van der Waals surface area contributed by atoms with Crippen molar-refractivity contribution < 1.29 is 9.21 Å². The molecule has 2 amide bonds. The molecule has 2 heterocycles. The molecule has 0 spiro atoms. The van der Waals surface area contributed by atoms with Crippen LogP contribution in [0.4, 0.5) is 10.5 Å². The van der Waals surface area contributed by atoms with E-state index in [1.165, 1.54) is 0 Å². The second-order valence-corrected chi connectivity index (χ2v) is 5.73. The summed E-state index contributed by atoms with van der Waals surface area (Å²) in [5, 5.41) is 6.71. The zero-order chi connectivity index (χ0) is 16.9. The minimum atomic E-state index is -0.198. The van der Waals surface area contributed by atoms with E-state index in [2.05, 4.69) is 27.1 Å². The number of hydrogen-bond donors (Lipinski definition) is 2. The van der Waals surface area contributed by atoms with E-state index in [-0.39, 0.29) is 6.03 Å². The SMILES string of the molecule is CCc1nccn1CCCNC(=O)Nc1ccc2oc(C)cc2c1. The third kappa shape index (κ3) is 3.76. The lowest BCUT2D eigenvalue weighted by atomic mass is 10.2. The Bertz CT molecular complexity index is 835. The number of rotatable bonds is 6. The number of anilines is 1. The van der Waals surface area contributed by atoms with Gasteiger partial charge in [0.1, 0.15) is 17.2 Å². The maximum Gasteiger partial charge on any atom is 0.319 e. The van der Waals surface area contributed by atoms with Gasteiger partial charge in [-0.3, -0.25) is 0 Å². The van der Waals surface area contributed by atoms with Crippen LogP contribution < -0.4 is 10.6 Å². The Kier molecular flexibility index (Phi) is 4.84. The summed E-state index contributed by atoms with van der Waals surface area (Å²) >= 11 is 0. The van der Waals surface area contributed by atoms with Gasteiger partial charge < -0.3 is 19.6 Å². The maximum atomic E-state index is 12.0. The number of nitrogens with zero attached hydrogens (tertiary/aromatic N) is 2. The van der Waals surface area contributed by atoms with Gasteiger partial charge in [-0.15, -0.1) is 0 Å². The molecule has 2 N–H and O–H groups in total. The molecule has 2 aromatic heterocycles. The predicted octanol–water partition coefficient (Wildman–Crippen LogP) is 3.71. The van der Waals surface area contributed by atoms with E-state index in [1.807, 2.05) is 43.6 Å². The summed E-state index contributed by atoms with van der Waals surface area (Å²) in [5.41, 5.74) is 1.58. The highest BCUT2D eigenvalue weighted by Crippen LogP contribution is 2.22. The molecule has 6 heteroatoms. The first-order chi connectivity index (χ1) is 11.7. The van der Waals surface area contributed by atoms with Crippen molar-refractivity contribution in [2.75, 3.05) is 11.9 Å². The molecule has 0 aliphatic heterocycles. The quantitative estimate of drug-likeness (QED) is 0.678. The fraction of sp³-hybridized carbons (Fsp3) is 0.333. The van der Waals surface area contributed by atoms with Gasteiger partial charge in [0.2, 0.25) is 0 Å². The van der Waals surface area contributed by atoms with Gasteiger partial charge in [-0.25, -0.2) is 9.78 Å². The number of nitrogens with one attached hydrogen (secondary N) is 2. The van der Waals surface area contributed by atoms with Crippen LogP contribution in [0.5, 0.6) is 0 Å². The molecule has 0 unspecified atom stereocenters. The minimum Gasteiger partial charge on any atom is -0.461 e. The maximum absolute atomic E-state index is 12.0. The topological polar surface area (TPSA) is 72.1 Å². The summed E-state index contributed by atoms with van der Waals surface area (Å²) in [5.74, 6) is 1.93. The zero-order valence-corrected chi connectivity index (χ0v) is 14.0. The lowest BCUT2D eigenvalue weighted by Crippen LogP contribution is -2.30. The lowest BCUT2D eigenvalue weighted by molar-refractivity contribution is 0.252. The molecule has 0 fully saturated rings. The van der Waals surface area contributed by atoms with Gasteiger partial charge >= 0.3 is 6.03 Å². The molecule has 0 saturated heterocycles. The summed E-state index contributed by atoms with van der Waals surface area (Å²) in [6.45, 7) is 5.46. The molecule has 126 valence electrons. The lowest BCUT2D eigenvalue weighted by Gasteiger charge is -2.09. The van der Waals surface area contributed by atoms with Crippen molar-refractivity contribution >= 4 is 22.7 Å². The second-order valence-electron chi connectivity index (χ2n) is 5.73. The van der Waals surface area contributed by atoms with Crippen LogP contribution >= 0.6 is 0 Å². The van der Waals surface area contributed by atoms with Gasteiger partial charge in [0, 0.05) is 43.0 Å². The number of imidazole rings is 1. The number of aromatic nitrogens is 2. The van der Waals surface area contributed by atoms with Gasteiger partial charge in [0.05, 0.1) is 0 Å². The molecule has 6 nitrogen and oxygen atoms in total. The summed E-state index contributed by atoms with van der Waals surface area (Å²) in [6.07, 6.45) is 5.56. The molecule has 0 aliphatic rings. The van der Waals surface area contributed by atoms with Crippen molar-refractivity contribution in [3.8, 4) is 0 Å². The number of fused-ring (bicyclic) bond motifs is 1. The van der Waals surface area contributed by atoms with Crippen LogP contribution in [0.3, 0.4) is 0 Å². The van der Waals surface area contributed by atoms with Crippen LogP contribution in [-0.4, -0.2) is 22.1 Å². The Morgan fingerprint density at radius 1 is 1.33 bits per heavy atom. The van der Waals surface area contributed by atoms with E-state index in [0.717, 1.165) is 47.6 Å². The zero-order valence-electron chi connectivity index (χ0n) is 14.0. The van der Waals surface area contributed by atoms with E-state index < -0.39 is 0 Å². The smallest absolute Gasteiger partial charge is 0.319 e. The first kappa shape index (κ1) is 16.1. The Hall–Kier alpha value is -2.76. The number of amides is 2. The van der Waals surface area contributed by atoms with E-state index in [4.69, 9.17) is 4.42 Å². The van der Waals surface area contributed by atoms with Crippen molar-refractivity contribution in [1.82, 2.24) is 14.9 Å². The fourth-order valence-corrected chi connectivity index (χ4v) is 2.74. The average molecular weight is 326 g/mol. The third-order valence-electron chi connectivity index (χ3n) is 3.88. The number of hydrogen-bond acceptors (Lipinski definition) is 3. The second kappa shape index (κ2) is 7.21. The third-order valence-corrected chi connectivity index (χ3v) is 3.88. The normalized spacial score (nSPS) is 10.9. The molecule has 0 aliphatic carbocycles. The molecule has 0 bridgehead atoms.